The third-order valence-electron chi connectivity index (χ3n) is 3.16. The number of benzene rings is 1. The molecule has 0 atom stereocenters. The number of carboxylic acids is 1. The Morgan fingerprint density at radius 3 is 2.64 bits per heavy atom. The Morgan fingerprint density at radius 1 is 1.18 bits per heavy atom. The fourth-order valence-corrected chi connectivity index (χ4v) is 2.08. The molecule has 22 heavy (non-hydrogen) atoms. The first-order valence-corrected chi connectivity index (χ1v) is 6.58. The second-order valence-corrected chi connectivity index (χ2v) is 4.70. The van der Waals surface area contributed by atoms with Crippen molar-refractivity contribution in [1.29, 1.82) is 0 Å². The topological polar surface area (TPSA) is 85.6 Å². The predicted molar refractivity (Wildman–Crippen MR) is 78.1 cm³/mol. The number of ketones is 2. The number of methoxy groups -OCH3 is 1. The Morgan fingerprint density at radius 2 is 1.95 bits per heavy atom. The molecule has 0 aliphatic heterocycles. The lowest BCUT2D eigenvalue weighted by Crippen LogP contribution is -2.19. The Bertz CT molecular complexity index is 717. The zero-order chi connectivity index (χ0) is 16.1. The second kappa shape index (κ2) is 6.71. The van der Waals surface area contributed by atoms with Crippen LogP contribution in [0, 0.1) is 0 Å². The highest BCUT2D eigenvalue weighted by atomic mass is 16.5. The van der Waals surface area contributed by atoms with Crippen molar-refractivity contribution in [2.45, 2.75) is 13.0 Å². The van der Waals surface area contributed by atoms with E-state index in [-0.39, 0.29) is 0 Å². The Hall–Kier alpha value is -2.89. The third-order valence-corrected chi connectivity index (χ3v) is 3.16. The molecule has 0 saturated carbocycles. The van der Waals surface area contributed by atoms with E-state index in [0.29, 0.717) is 18.0 Å². The molecule has 1 N–H and O–H groups in total. The first kappa shape index (κ1) is 15.5. The van der Waals surface area contributed by atoms with Crippen molar-refractivity contribution in [3.05, 3.63) is 53.9 Å². The molecule has 2 aromatic rings. The molecule has 0 spiro atoms. The molecule has 2 rings (SSSR count). The van der Waals surface area contributed by atoms with Crippen LogP contribution >= 0.6 is 0 Å². The van der Waals surface area contributed by atoms with Gasteiger partial charge in [-0.2, -0.15) is 0 Å². The minimum Gasteiger partial charge on any atom is -0.497 e. The van der Waals surface area contributed by atoms with E-state index in [9.17, 15) is 14.4 Å². The molecule has 1 aromatic carbocycles. The van der Waals surface area contributed by atoms with Gasteiger partial charge in [0.1, 0.15) is 5.75 Å². The van der Waals surface area contributed by atoms with Crippen molar-refractivity contribution in [3.8, 4) is 5.75 Å². The van der Waals surface area contributed by atoms with Gasteiger partial charge < -0.3 is 14.4 Å². The van der Waals surface area contributed by atoms with Gasteiger partial charge in [0.05, 0.1) is 19.2 Å². The maximum atomic E-state index is 12.0. The molecule has 0 unspecified atom stereocenters. The molecule has 6 nitrogen and oxygen atoms in total. The van der Waals surface area contributed by atoms with Crippen LogP contribution < -0.4 is 4.74 Å². The summed E-state index contributed by atoms with van der Waals surface area (Å²) in [6.07, 6.45) is 1.06. The molecule has 1 aromatic heterocycles. The van der Waals surface area contributed by atoms with Gasteiger partial charge in [-0.3, -0.25) is 9.59 Å². The van der Waals surface area contributed by atoms with Crippen molar-refractivity contribution < 1.29 is 24.2 Å². The smallest absolute Gasteiger partial charge is 0.372 e. The van der Waals surface area contributed by atoms with E-state index in [2.05, 4.69) is 0 Å². The molecule has 6 heteroatoms. The Balaban J connectivity index is 2.17. The summed E-state index contributed by atoms with van der Waals surface area (Å²) < 4.78 is 6.82. The summed E-state index contributed by atoms with van der Waals surface area (Å²) >= 11 is 0. The lowest BCUT2D eigenvalue weighted by atomic mass is 10.1. The van der Waals surface area contributed by atoms with E-state index in [4.69, 9.17) is 9.84 Å². The Kier molecular flexibility index (Phi) is 4.73. The largest absolute Gasteiger partial charge is 0.497 e. The fourth-order valence-electron chi connectivity index (χ4n) is 2.08. The Labute approximate surface area is 126 Å². The van der Waals surface area contributed by atoms with E-state index < -0.39 is 24.0 Å². The van der Waals surface area contributed by atoms with Crippen LogP contribution in [0.1, 0.15) is 22.5 Å². The van der Waals surface area contributed by atoms with Gasteiger partial charge in [0.2, 0.25) is 5.78 Å². The molecular weight excluding hydrogens is 286 g/mol. The van der Waals surface area contributed by atoms with Crippen LogP contribution in [0.5, 0.6) is 5.75 Å². The van der Waals surface area contributed by atoms with Gasteiger partial charge in [-0.1, -0.05) is 12.1 Å². The first-order valence-electron chi connectivity index (χ1n) is 6.58. The van der Waals surface area contributed by atoms with Gasteiger partial charge >= 0.3 is 5.97 Å². The number of hydrogen-bond acceptors (Lipinski definition) is 4. The lowest BCUT2D eigenvalue weighted by Gasteiger charge is -2.09. The van der Waals surface area contributed by atoms with Crippen LogP contribution in [-0.4, -0.2) is 34.3 Å². The van der Waals surface area contributed by atoms with E-state index in [1.54, 1.807) is 30.0 Å². The quantitative estimate of drug-likeness (QED) is 0.478. The normalized spacial score (nSPS) is 10.2. The second-order valence-electron chi connectivity index (χ2n) is 4.70. The van der Waals surface area contributed by atoms with Crippen LogP contribution in [0.15, 0.2) is 42.6 Å². The van der Waals surface area contributed by atoms with Crippen LogP contribution in [0.3, 0.4) is 0 Å². The highest BCUT2D eigenvalue weighted by Gasteiger charge is 2.20. The number of hydrogen-bond donors (Lipinski definition) is 1. The van der Waals surface area contributed by atoms with Crippen molar-refractivity contribution in [1.82, 2.24) is 4.57 Å². The molecule has 0 fully saturated rings. The van der Waals surface area contributed by atoms with Gasteiger partial charge in [-0.05, 0) is 29.8 Å². The van der Waals surface area contributed by atoms with E-state index in [1.807, 2.05) is 24.3 Å². The number of carbonyl (C=O) groups excluding carboxylic acids is 2. The fraction of sp³-hybridized carbons (Fsp3) is 0.188. The van der Waals surface area contributed by atoms with Crippen molar-refractivity contribution in [2.75, 3.05) is 7.11 Å². The van der Waals surface area contributed by atoms with Gasteiger partial charge in [-0.25, -0.2) is 4.79 Å². The van der Waals surface area contributed by atoms with E-state index in [1.165, 1.54) is 0 Å². The molecule has 114 valence electrons. The van der Waals surface area contributed by atoms with E-state index in [0.717, 1.165) is 5.56 Å². The maximum Gasteiger partial charge on any atom is 0.372 e. The monoisotopic (exact) mass is 301 g/mol. The number of carbonyl (C=O) groups is 3. The molecule has 1 heterocycles. The number of rotatable bonds is 7. The zero-order valence-corrected chi connectivity index (χ0v) is 12.0. The summed E-state index contributed by atoms with van der Waals surface area (Å²) in [5.74, 6) is -2.52. The minimum atomic E-state index is -1.60. The summed E-state index contributed by atoms with van der Waals surface area (Å²) in [6.45, 7) is 0.423. The maximum absolute atomic E-state index is 12.0. The van der Waals surface area contributed by atoms with Crippen LogP contribution in [0.2, 0.25) is 0 Å². The minimum absolute atomic E-state index is 0.303. The first-order chi connectivity index (χ1) is 10.5. The SMILES string of the molecule is COc1cccc(Cn2cccc2C(=O)CC(=O)C(=O)O)c1. The molecule has 0 radical (unpaired) electrons. The molecule has 0 saturated heterocycles. The van der Waals surface area contributed by atoms with Crippen molar-refractivity contribution in [2.24, 2.45) is 0 Å². The van der Waals surface area contributed by atoms with Gasteiger partial charge in [0.25, 0.3) is 0 Å². The molecule has 0 amide bonds. The summed E-state index contributed by atoms with van der Waals surface area (Å²) in [7, 11) is 1.57. The number of aromatic nitrogens is 1. The van der Waals surface area contributed by atoms with Gasteiger partial charge in [0, 0.05) is 12.7 Å². The number of Topliss-reactive ketones (excluding diaryl/α,β-unsaturated/α-hetero) is 2. The van der Waals surface area contributed by atoms with Crippen molar-refractivity contribution in [3.63, 3.8) is 0 Å². The standard InChI is InChI=1S/C16H15NO5/c1-22-12-5-2-4-11(8-12)10-17-7-3-6-13(17)14(18)9-15(19)16(20)21/h2-8H,9-10H2,1H3,(H,20,21). The number of aliphatic carboxylic acids is 1. The molecule has 0 aliphatic carbocycles. The highest BCUT2D eigenvalue weighted by Crippen LogP contribution is 2.15. The molecule has 0 aliphatic rings. The summed E-state index contributed by atoms with van der Waals surface area (Å²) in [5.41, 5.74) is 1.23. The van der Waals surface area contributed by atoms with Crippen LogP contribution in [-0.2, 0) is 16.1 Å². The van der Waals surface area contributed by atoms with Crippen LogP contribution in [0.25, 0.3) is 0 Å². The number of carboxylic acid groups (broad SMARTS) is 1. The summed E-state index contributed by atoms with van der Waals surface area (Å²) in [5, 5.41) is 8.57. The predicted octanol–water partition coefficient (Wildman–Crippen LogP) is 1.77. The van der Waals surface area contributed by atoms with Crippen LogP contribution in [0.4, 0.5) is 0 Å². The highest BCUT2D eigenvalue weighted by molar-refractivity contribution is 6.37. The number of ether oxygens (including phenoxy) is 1. The lowest BCUT2D eigenvalue weighted by molar-refractivity contribution is -0.148. The average Bonchev–Trinajstić information content (AvgIpc) is 2.95. The third kappa shape index (κ3) is 3.60. The van der Waals surface area contributed by atoms with Gasteiger partial charge in [-0.15, -0.1) is 0 Å². The van der Waals surface area contributed by atoms with Gasteiger partial charge in [0.15, 0.2) is 5.78 Å². The summed E-state index contributed by atoms with van der Waals surface area (Å²) in [4.78, 5) is 33.7. The summed E-state index contributed by atoms with van der Waals surface area (Å²) in [6, 6.07) is 10.6. The number of nitrogens with zero attached hydrogens (tertiary/aromatic N) is 1. The average molecular weight is 301 g/mol. The molecular formula is C16H15NO5. The zero-order valence-electron chi connectivity index (χ0n) is 12.0. The molecule has 0 bridgehead atoms. The van der Waals surface area contributed by atoms with E-state index >= 15 is 0 Å². The van der Waals surface area contributed by atoms with Crippen molar-refractivity contribution >= 4 is 17.5 Å².